The maximum absolute atomic E-state index is 12.8. The molecule has 0 amide bonds. The van der Waals surface area contributed by atoms with Crippen LogP contribution in [0.2, 0.25) is 0 Å². The Morgan fingerprint density at radius 3 is 1.08 bits per heavy atom. The van der Waals surface area contributed by atoms with Crippen LogP contribution in [-0.2, 0) is 28.6 Å². The van der Waals surface area contributed by atoms with E-state index in [2.05, 4.69) is 99.8 Å². The highest BCUT2D eigenvalue weighted by Crippen LogP contribution is 2.13. The zero-order chi connectivity index (χ0) is 47.9. The average Bonchev–Trinajstić information content (AvgIpc) is 3.31. The van der Waals surface area contributed by atoms with Gasteiger partial charge in [0, 0.05) is 19.3 Å². The topological polar surface area (TPSA) is 78.9 Å². The van der Waals surface area contributed by atoms with E-state index in [0.717, 1.165) is 70.6 Å². The number of unbranched alkanes of at least 4 members (excludes halogenated alkanes) is 25. The van der Waals surface area contributed by atoms with Crippen molar-refractivity contribution in [2.45, 2.75) is 264 Å². The lowest BCUT2D eigenvalue weighted by molar-refractivity contribution is -0.166. The third kappa shape index (κ3) is 51.6. The van der Waals surface area contributed by atoms with Crippen LogP contribution in [0.3, 0.4) is 0 Å². The summed E-state index contributed by atoms with van der Waals surface area (Å²) in [7, 11) is 0. The molecule has 0 aliphatic rings. The smallest absolute Gasteiger partial charge is 0.306 e. The summed E-state index contributed by atoms with van der Waals surface area (Å²) < 4.78 is 16.7. The number of carbonyl (C=O) groups is 3. The Morgan fingerprint density at radius 2 is 0.636 bits per heavy atom. The summed E-state index contributed by atoms with van der Waals surface area (Å²) in [4.78, 5) is 38.0. The first-order valence-corrected chi connectivity index (χ1v) is 27.6. The first-order chi connectivity index (χ1) is 32.5. The summed E-state index contributed by atoms with van der Waals surface area (Å²) in [6.45, 7) is 6.51. The summed E-state index contributed by atoms with van der Waals surface area (Å²) in [5.74, 6) is -1.06. The number of hydrogen-bond donors (Lipinski definition) is 0. The number of hydrogen-bond acceptors (Lipinski definition) is 6. The van der Waals surface area contributed by atoms with E-state index < -0.39 is 6.10 Å². The molecule has 0 aliphatic carbocycles. The van der Waals surface area contributed by atoms with Gasteiger partial charge in [-0.25, -0.2) is 0 Å². The second kappa shape index (κ2) is 54.2. The van der Waals surface area contributed by atoms with Crippen molar-refractivity contribution in [2.75, 3.05) is 13.2 Å². The first kappa shape index (κ1) is 62.6. The molecular weight excluding hydrogens is 817 g/mol. The van der Waals surface area contributed by atoms with Gasteiger partial charge in [0.05, 0.1) is 0 Å². The molecule has 0 aromatic heterocycles. The predicted octanol–water partition coefficient (Wildman–Crippen LogP) is 18.4. The molecule has 0 saturated carbocycles. The van der Waals surface area contributed by atoms with Gasteiger partial charge in [0.15, 0.2) is 6.10 Å². The third-order valence-corrected chi connectivity index (χ3v) is 11.6. The molecule has 0 aromatic carbocycles. The predicted molar refractivity (Wildman–Crippen MR) is 284 cm³/mol. The molecule has 0 saturated heterocycles. The van der Waals surface area contributed by atoms with Crippen molar-refractivity contribution in [3.8, 4) is 0 Å². The van der Waals surface area contributed by atoms with Gasteiger partial charge in [0.1, 0.15) is 13.2 Å². The minimum absolute atomic E-state index is 0.122. The lowest BCUT2D eigenvalue weighted by Gasteiger charge is -2.18. The van der Waals surface area contributed by atoms with E-state index in [1.807, 2.05) is 6.08 Å². The van der Waals surface area contributed by atoms with Crippen molar-refractivity contribution < 1.29 is 28.6 Å². The van der Waals surface area contributed by atoms with Gasteiger partial charge in [-0.2, -0.15) is 0 Å². The van der Waals surface area contributed by atoms with E-state index in [0.29, 0.717) is 19.3 Å². The zero-order valence-electron chi connectivity index (χ0n) is 43.2. The fourth-order valence-electron chi connectivity index (χ4n) is 7.44. The van der Waals surface area contributed by atoms with Crippen LogP contribution >= 0.6 is 0 Å². The molecule has 0 aromatic rings. The van der Waals surface area contributed by atoms with Crippen molar-refractivity contribution in [3.63, 3.8) is 0 Å². The minimum atomic E-state index is -0.832. The maximum atomic E-state index is 12.8. The largest absolute Gasteiger partial charge is 0.462 e. The fraction of sp³-hybridized carbons (Fsp3) is 0.717. The molecule has 1 atom stereocenters. The highest BCUT2D eigenvalue weighted by molar-refractivity contribution is 5.71. The normalized spacial score (nSPS) is 12.7. The minimum Gasteiger partial charge on any atom is -0.462 e. The van der Waals surface area contributed by atoms with Gasteiger partial charge in [-0.05, 0) is 96.3 Å². The molecule has 0 bridgehead atoms. The molecule has 0 rings (SSSR count). The van der Waals surface area contributed by atoms with Gasteiger partial charge in [0.25, 0.3) is 0 Å². The molecule has 0 N–H and O–H groups in total. The number of rotatable bonds is 49. The summed E-state index contributed by atoms with van der Waals surface area (Å²) >= 11 is 0. The van der Waals surface area contributed by atoms with E-state index in [9.17, 15) is 14.4 Å². The molecule has 0 radical (unpaired) electrons. The van der Waals surface area contributed by atoms with E-state index >= 15 is 0 Å². The van der Waals surface area contributed by atoms with Crippen LogP contribution in [0.15, 0.2) is 85.1 Å². The van der Waals surface area contributed by atoms with Crippen molar-refractivity contribution in [3.05, 3.63) is 85.1 Å². The van der Waals surface area contributed by atoms with Crippen LogP contribution in [0.5, 0.6) is 0 Å². The molecule has 6 nitrogen and oxygen atoms in total. The summed E-state index contributed by atoms with van der Waals surface area (Å²) in [5.41, 5.74) is 0. The summed E-state index contributed by atoms with van der Waals surface area (Å²) in [5, 5.41) is 0. The van der Waals surface area contributed by atoms with Gasteiger partial charge in [-0.15, -0.1) is 0 Å². The zero-order valence-corrected chi connectivity index (χ0v) is 43.2. The Balaban J connectivity index is 4.53. The van der Waals surface area contributed by atoms with Gasteiger partial charge in [0.2, 0.25) is 0 Å². The molecule has 0 heterocycles. The summed E-state index contributed by atoms with van der Waals surface area (Å²) in [6, 6.07) is 0. The van der Waals surface area contributed by atoms with Crippen molar-refractivity contribution in [2.24, 2.45) is 0 Å². The Bertz CT molecular complexity index is 1290. The van der Waals surface area contributed by atoms with Crippen LogP contribution < -0.4 is 0 Å². The highest BCUT2D eigenvalue weighted by Gasteiger charge is 2.19. The first-order valence-electron chi connectivity index (χ1n) is 27.6. The van der Waals surface area contributed by atoms with E-state index in [4.69, 9.17) is 14.2 Å². The molecule has 0 fully saturated rings. The molecule has 0 aliphatic heterocycles. The molecule has 378 valence electrons. The SMILES string of the molecule is CCCCCCCC/C=C/C/C=C/C/C=C/CCCC(=O)OC(COC(=O)CC/C=C/C/C=C/CCCCCCCC)COC(=O)CCCCCCC/C=C/C=C/CCCCCCCCC. The van der Waals surface area contributed by atoms with Gasteiger partial charge in [-0.3, -0.25) is 14.4 Å². The van der Waals surface area contributed by atoms with Crippen LogP contribution in [0.4, 0.5) is 0 Å². The van der Waals surface area contributed by atoms with Gasteiger partial charge >= 0.3 is 17.9 Å². The second-order valence-electron chi connectivity index (χ2n) is 18.2. The number of esters is 3. The van der Waals surface area contributed by atoms with Gasteiger partial charge in [-0.1, -0.05) is 228 Å². The van der Waals surface area contributed by atoms with Crippen LogP contribution in [0.25, 0.3) is 0 Å². The lowest BCUT2D eigenvalue weighted by atomic mass is 10.1. The molecular formula is C60H102O6. The van der Waals surface area contributed by atoms with Crippen molar-refractivity contribution in [1.29, 1.82) is 0 Å². The van der Waals surface area contributed by atoms with Crippen LogP contribution in [0, 0.1) is 0 Å². The Morgan fingerprint density at radius 1 is 0.318 bits per heavy atom. The lowest BCUT2D eigenvalue weighted by Crippen LogP contribution is -2.30. The van der Waals surface area contributed by atoms with Crippen LogP contribution in [-0.4, -0.2) is 37.2 Å². The average molecular weight is 919 g/mol. The quantitative estimate of drug-likeness (QED) is 0.0199. The third-order valence-electron chi connectivity index (χ3n) is 11.6. The maximum Gasteiger partial charge on any atom is 0.306 e. The van der Waals surface area contributed by atoms with E-state index in [-0.39, 0.29) is 44.0 Å². The standard InChI is InChI=1S/C60H102O6/c1-4-7-10-13-16-19-22-25-27-29-31-32-35-38-41-44-47-50-53-59(62)65-56-57(55-64-58(61)52-49-46-43-40-37-34-24-21-18-15-12-9-6-3)66-60(63)54-51-48-45-42-39-36-33-30-28-26-23-20-17-14-11-8-5-2/h26-29,31-34,36-37,42-43,45-46,57H,4-25,30,35,38-41,44,47-56H2,1-3H3/b28-26+,29-27+,32-31+,36-33+,37-34+,45-42+,46-43+. The molecule has 1 unspecified atom stereocenters. The Kier molecular flexibility index (Phi) is 51.4. The fourth-order valence-corrected chi connectivity index (χ4v) is 7.44. The number of ether oxygens (including phenoxy) is 3. The highest BCUT2D eigenvalue weighted by atomic mass is 16.6. The van der Waals surface area contributed by atoms with Crippen LogP contribution in [0.1, 0.15) is 258 Å². The second-order valence-corrected chi connectivity index (χ2v) is 18.2. The monoisotopic (exact) mass is 919 g/mol. The Hall–Kier alpha value is -3.41. The van der Waals surface area contributed by atoms with E-state index in [1.54, 1.807) is 0 Å². The van der Waals surface area contributed by atoms with Crippen molar-refractivity contribution >= 4 is 17.9 Å². The number of allylic oxidation sites excluding steroid dienone is 14. The molecule has 6 heteroatoms. The molecule has 0 spiro atoms. The Labute approximate surface area is 407 Å². The van der Waals surface area contributed by atoms with E-state index in [1.165, 1.54) is 135 Å². The van der Waals surface area contributed by atoms with Gasteiger partial charge < -0.3 is 14.2 Å². The van der Waals surface area contributed by atoms with Crippen molar-refractivity contribution in [1.82, 2.24) is 0 Å². The number of carbonyl (C=O) groups excluding carboxylic acids is 3. The summed E-state index contributed by atoms with van der Waals surface area (Å²) in [6.07, 6.45) is 70.2. The molecule has 66 heavy (non-hydrogen) atoms.